The molecule has 1 fully saturated rings. The topological polar surface area (TPSA) is 76.0 Å². The molecule has 0 aliphatic carbocycles. The Kier molecular flexibility index (Phi) is 7.32. The Morgan fingerprint density at radius 1 is 1.42 bits per heavy atom. The van der Waals surface area contributed by atoms with Gasteiger partial charge in [0.2, 0.25) is 0 Å². The summed E-state index contributed by atoms with van der Waals surface area (Å²) < 4.78 is 23.4. The standard InChI is InChI=1S/C17H22Cl2N2O4S/c1-12(2)9-21(14-6-7-26(23,24)11-14)16(22)10-25-20-8-13-4-3-5-15(18)17(13)19/h3-5,8,12,14H,6-7,9-11H2,1-2H3/b20-8-/t14-/m0/s1. The van der Waals surface area contributed by atoms with Gasteiger partial charge in [0.15, 0.2) is 16.4 Å². The normalized spacial score (nSPS) is 19.2. The molecule has 0 aromatic heterocycles. The minimum atomic E-state index is -3.07. The highest BCUT2D eigenvalue weighted by molar-refractivity contribution is 7.91. The van der Waals surface area contributed by atoms with E-state index in [4.69, 9.17) is 28.0 Å². The molecule has 0 radical (unpaired) electrons. The van der Waals surface area contributed by atoms with Crippen molar-refractivity contribution >= 4 is 45.2 Å². The number of carbonyl (C=O) groups is 1. The van der Waals surface area contributed by atoms with Crippen molar-refractivity contribution < 1.29 is 18.0 Å². The van der Waals surface area contributed by atoms with Gasteiger partial charge >= 0.3 is 0 Å². The predicted octanol–water partition coefficient (Wildman–Crippen LogP) is 3.02. The second-order valence-corrected chi connectivity index (χ2v) is 9.66. The molecule has 0 unspecified atom stereocenters. The molecule has 9 heteroatoms. The number of hydrogen-bond acceptors (Lipinski definition) is 5. The smallest absolute Gasteiger partial charge is 0.263 e. The summed E-state index contributed by atoms with van der Waals surface area (Å²) in [6.07, 6.45) is 1.84. The van der Waals surface area contributed by atoms with Gasteiger partial charge in [-0.2, -0.15) is 0 Å². The lowest BCUT2D eigenvalue weighted by Gasteiger charge is -2.29. The van der Waals surface area contributed by atoms with Crippen LogP contribution in [-0.2, 0) is 19.5 Å². The van der Waals surface area contributed by atoms with E-state index in [9.17, 15) is 13.2 Å². The molecule has 0 bridgehead atoms. The molecule has 0 spiro atoms. The van der Waals surface area contributed by atoms with Gasteiger partial charge in [0.1, 0.15) is 0 Å². The molecule has 0 saturated carbocycles. The van der Waals surface area contributed by atoms with Crippen LogP contribution < -0.4 is 0 Å². The largest absolute Gasteiger partial charge is 0.386 e. The molecule has 1 atom stereocenters. The minimum Gasteiger partial charge on any atom is -0.386 e. The Morgan fingerprint density at radius 3 is 2.77 bits per heavy atom. The van der Waals surface area contributed by atoms with E-state index in [0.29, 0.717) is 28.6 Å². The molecule has 1 aliphatic rings. The van der Waals surface area contributed by atoms with E-state index in [-0.39, 0.29) is 36.0 Å². The van der Waals surface area contributed by atoms with E-state index in [1.54, 1.807) is 23.1 Å². The number of halogens is 2. The highest BCUT2D eigenvalue weighted by atomic mass is 35.5. The first-order valence-corrected chi connectivity index (χ1v) is 10.9. The molecule has 0 N–H and O–H groups in total. The third kappa shape index (κ3) is 5.86. The molecule has 26 heavy (non-hydrogen) atoms. The zero-order valence-corrected chi connectivity index (χ0v) is 17.0. The number of nitrogens with zero attached hydrogens (tertiary/aromatic N) is 2. The second kappa shape index (κ2) is 9.06. The van der Waals surface area contributed by atoms with Gasteiger partial charge in [-0.25, -0.2) is 8.42 Å². The van der Waals surface area contributed by atoms with Crippen LogP contribution in [0.4, 0.5) is 0 Å². The fourth-order valence-electron chi connectivity index (χ4n) is 2.76. The highest BCUT2D eigenvalue weighted by Crippen LogP contribution is 2.24. The van der Waals surface area contributed by atoms with Crippen molar-refractivity contribution in [2.75, 3.05) is 24.7 Å². The third-order valence-corrected chi connectivity index (χ3v) is 6.55. The number of amides is 1. The molecule has 1 amide bonds. The number of rotatable bonds is 7. The Bertz CT molecular complexity index is 781. The van der Waals surface area contributed by atoms with E-state index in [2.05, 4.69) is 5.16 Å². The first-order chi connectivity index (χ1) is 12.2. The van der Waals surface area contributed by atoms with Crippen LogP contribution in [0.15, 0.2) is 23.4 Å². The van der Waals surface area contributed by atoms with Gasteiger partial charge in [0, 0.05) is 18.2 Å². The van der Waals surface area contributed by atoms with E-state index in [0.717, 1.165) is 0 Å². The maximum atomic E-state index is 12.5. The molecule has 2 rings (SSSR count). The lowest BCUT2D eigenvalue weighted by atomic mass is 10.1. The molecular weight excluding hydrogens is 399 g/mol. The van der Waals surface area contributed by atoms with Crippen molar-refractivity contribution in [1.82, 2.24) is 4.90 Å². The second-order valence-electron chi connectivity index (χ2n) is 6.65. The lowest BCUT2D eigenvalue weighted by molar-refractivity contribution is -0.138. The van der Waals surface area contributed by atoms with Gasteiger partial charge in [-0.3, -0.25) is 4.79 Å². The SMILES string of the molecule is CC(C)CN(C(=O)CO/N=C\c1cccc(Cl)c1Cl)[C@H]1CCS(=O)(=O)C1. The summed E-state index contributed by atoms with van der Waals surface area (Å²) in [7, 11) is -3.07. The number of oxime groups is 1. The quantitative estimate of drug-likeness (QED) is 0.501. The Morgan fingerprint density at radius 2 is 2.15 bits per heavy atom. The first kappa shape index (κ1) is 21.0. The van der Waals surface area contributed by atoms with Crippen LogP contribution in [0.5, 0.6) is 0 Å². The predicted molar refractivity (Wildman–Crippen MR) is 104 cm³/mol. The van der Waals surface area contributed by atoms with Crippen LogP contribution in [0.1, 0.15) is 25.8 Å². The number of benzene rings is 1. The lowest BCUT2D eigenvalue weighted by Crippen LogP contribution is -2.44. The molecule has 6 nitrogen and oxygen atoms in total. The molecule has 1 heterocycles. The Hall–Kier alpha value is -1.31. The zero-order chi connectivity index (χ0) is 19.3. The highest BCUT2D eigenvalue weighted by Gasteiger charge is 2.34. The van der Waals surface area contributed by atoms with Crippen LogP contribution >= 0.6 is 23.2 Å². The monoisotopic (exact) mass is 420 g/mol. The zero-order valence-electron chi connectivity index (χ0n) is 14.7. The number of sulfone groups is 1. The summed E-state index contributed by atoms with van der Waals surface area (Å²) in [6, 6.07) is 4.80. The van der Waals surface area contributed by atoms with E-state index in [1.807, 2.05) is 13.8 Å². The van der Waals surface area contributed by atoms with Gasteiger partial charge in [0.25, 0.3) is 5.91 Å². The van der Waals surface area contributed by atoms with Crippen molar-refractivity contribution in [2.24, 2.45) is 11.1 Å². The van der Waals surface area contributed by atoms with Crippen molar-refractivity contribution in [3.8, 4) is 0 Å². The van der Waals surface area contributed by atoms with Crippen molar-refractivity contribution in [3.63, 3.8) is 0 Å². The minimum absolute atomic E-state index is 0.00680. The summed E-state index contributed by atoms with van der Waals surface area (Å²) in [4.78, 5) is 19.2. The maximum absolute atomic E-state index is 12.5. The van der Waals surface area contributed by atoms with Gasteiger partial charge in [-0.1, -0.05) is 54.3 Å². The maximum Gasteiger partial charge on any atom is 0.263 e. The van der Waals surface area contributed by atoms with Gasteiger partial charge in [-0.15, -0.1) is 0 Å². The molecule has 1 aromatic carbocycles. The summed E-state index contributed by atoms with van der Waals surface area (Å²) in [5, 5.41) is 4.52. The van der Waals surface area contributed by atoms with Crippen LogP contribution in [0.25, 0.3) is 0 Å². The third-order valence-electron chi connectivity index (χ3n) is 3.97. The van der Waals surface area contributed by atoms with E-state index >= 15 is 0 Å². The van der Waals surface area contributed by atoms with Crippen molar-refractivity contribution in [3.05, 3.63) is 33.8 Å². The Labute approximate surface area is 164 Å². The van der Waals surface area contributed by atoms with Gasteiger partial charge in [0.05, 0.1) is 27.8 Å². The van der Waals surface area contributed by atoms with Crippen molar-refractivity contribution in [1.29, 1.82) is 0 Å². The van der Waals surface area contributed by atoms with E-state index < -0.39 is 9.84 Å². The average Bonchev–Trinajstić information content (AvgIpc) is 2.92. The van der Waals surface area contributed by atoms with Crippen LogP contribution in [0.3, 0.4) is 0 Å². The summed E-state index contributed by atoms with van der Waals surface area (Å²) in [5.41, 5.74) is 0.576. The molecule has 1 aliphatic heterocycles. The van der Waals surface area contributed by atoms with Gasteiger partial charge < -0.3 is 9.74 Å². The van der Waals surface area contributed by atoms with Crippen molar-refractivity contribution in [2.45, 2.75) is 26.3 Å². The summed E-state index contributed by atoms with van der Waals surface area (Å²) in [6.45, 7) is 4.16. The fraction of sp³-hybridized carbons (Fsp3) is 0.529. The molecular formula is C17H22Cl2N2O4S. The van der Waals surface area contributed by atoms with Crippen LogP contribution in [-0.4, -0.2) is 56.1 Å². The molecule has 144 valence electrons. The van der Waals surface area contributed by atoms with Gasteiger partial charge in [-0.05, 0) is 18.4 Å². The molecule has 1 saturated heterocycles. The Balaban J connectivity index is 1.96. The fourth-order valence-corrected chi connectivity index (χ4v) is 4.85. The number of carbonyl (C=O) groups excluding carboxylic acids is 1. The summed E-state index contributed by atoms with van der Waals surface area (Å²) >= 11 is 12.0. The van der Waals surface area contributed by atoms with E-state index in [1.165, 1.54) is 6.21 Å². The first-order valence-electron chi connectivity index (χ1n) is 8.29. The van der Waals surface area contributed by atoms with Crippen LogP contribution in [0, 0.1) is 5.92 Å². The average molecular weight is 421 g/mol. The van der Waals surface area contributed by atoms with Crippen LogP contribution in [0.2, 0.25) is 10.0 Å². The summed E-state index contributed by atoms with van der Waals surface area (Å²) in [5.74, 6) is 0.0599. The molecule has 1 aromatic rings. The number of hydrogen-bond donors (Lipinski definition) is 0.